The van der Waals surface area contributed by atoms with Crippen LogP contribution in [0.1, 0.15) is 15.9 Å². The molecule has 6 heteroatoms. The van der Waals surface area contributed by atoms with Crippen LogP contribution < -0.4 is 10.5 Å². The van der Waals surface area contributed by atoms with Crippen molar-refractivity contribution in [3.8, 4) is 5.75 Å². The fourth-order valence-corrected chi connectivity index (χ4v) is 2.74. The molecule has 20 heavy (non-hydrogen) atoms. The summed E-state index contributed by atoms with van der Waals surface area (Å²) in [6.45, 7) is 0. The van der Waals surface area contributed by atoms with Crippen LogP contribution in [-0.2, 0) is 0 Å². The van der Waals surface area contributed by atoms with Crippen LogP contribution in [0.4, 0.5) is 5.69 Å². The first-order valence-electron chi connectivity index (χ1n) is 5.56. The predicted octanol–water partition coefficient (Wildman–Crippen LogP) is 4.47. The van der Waals surface area contributed by atoms with Gasteiger partial charge in [0, 0.05) is 16.3 Å². The maximum atomic E-state index is 12.5. The van der Waals surface area contributed by atoms with E-state index in [1.54, 1.807) is 18.2 Å². The van der Waals surface area contributed by atoms with E-state index in [0.29, 0.717) is 16.5 Å². The topological polar surface area (TPSA) is 52.3 Å². The lowest BCUT2D eigenvalue weighted by molar-refractivity contribution is 0.103. The molecule has 2 rings (SSSR count). The number of hydrogen-bond acceptors (Lipinski definition) is 3. The summed E-state index contributed by atoms with van der Waals surface area (Å²) in [4.78, 5) is 12.5. The number of methoxy groups -OCH3 is 1. The molecule has 0 fully saturated rings. The molecule has 0 amide bonds. The van der Waals surface area contributed by atoms with E-state index in [-0.39, 0.29) is 27.0 Å². The van der Waals surface area contributed by atoms with Gasteiger partial charge in [0.05, 0.1) is 22.7 Å². The van der Waals surface area contributed by atoms with Gasteiger partial charge in [-0.2, -0.15) is 0 Å². The minimum atomic E-state index is -0.381. The zero-order valence-electron chi connectivity index (χ0n) is 10.4. The molecule has 0 bridgehead atoms. The van der Waals surface area contributed by atoms with E-state index in [1.807, 2.05) is 0 Å². The van der Waals surface area contributed by atoms with E-state index >= 15 is 0 Å². The molecular weight excluding hydrogens is 321 g/mol. The smallest absolute Gasteiger partial charge is 0.198 e. The quantitative estimate of drug-likeness (QED) is 0.667. The number of carbonyl (C=O) groups is 1. The summed E-state index contributed by atoms with van der Waals surface area (Å²) in [5.41, 5.74) is 6.58. The Labute approximate surface area is 131 Å². The minimum absolute atomic E-state index is 0.165. The number of hydrogen-bond donors (Lipinski definition) is 1. The second-order valence-electron chi connectivity index (χ2n) is 4.03. The standard InChI is InChI=1S/C14H10Cl3NO2/c1-20-8-2-3-12(18)9(6-8)14(19)13-10(16)4-7(15)5-11(13)17/h2-6H,18H2,1H3. The van der Waals surface area contributed by atoms with Crippen molar-refractivity contribution in [3.05, 3.63) is 56.5 Å². The van der Waals surface area contributed by atoms with E-state index in [9.17, 15) is 4.79 Å². The highest BCUT2D eigenvalue weighted by Crippen LogP contribution is 2.32. The minimum Gasteiger partial charge on any atom is -0.497 e. The molecule has 0 aliphatic carbocycles. The first-order valence-corrected chi connectivity index (χ1v) is 6.70. The lowest BCUT2D eigenvalue weighted by Crippen LogP contribution is -2.07. The van der Waals surface area contributed by atoms with Crippen molar-refractivity contribution >= 4 is 46.3 Å². The van der Waals surface area contributed by atoms with Gasteiger partial charge in [-0.1, -0.05) is 34.8 Å². The molecule has 0 aromatic heterocycles. The molecule has 0 heterocycles. The van der Waals surface area contributed by atoms with Gasteiger partial charge in [0.15, 0.2) is 5.78 Å². The highest BCUT2D eigenvalue weighted by atomic mass is 35.5. The first-order chi connectivity index (χ1) is 9.43. The van der Waals surface area contributed by atoms with E-state index < -0.39 is 0 Å². The lowest BCUT2D eigenvalue weighted by Gasteiger charge is -2.10. The Bertz CT molecular complexity index is 663. The number of rotatable bonds is 3. The Kier molecular flexibility index (Phi) is 4.43. The molecule has 2 N–H and O–H groups in total. The van der Waals surface area contributed by atoms with Crippen molar-refractivity contribution in [2.75, 3.05) is 12.8 Å². The molecule has 0 aliphatic rings. The Balaban J connectivity index is 2.57. The SMILES string of the molecule is COc1ccc(N)c(C(=O)c2c(Cl)cc(Cl)cc2Cl)c1. The van der Waals surface area contributed by atoms with Crippen LogP contribution in [0.2, 0.25) is 15.1 Å². The number of nitrogen functional groups attached to an aromatic ring is 1. The van der Waals surface area contributed by atoms with Crippen LogP contribution in [0.3, 0.4) is 0 Å². The fraction of sp³-hybridized carbons (Fsp3) is 0.0714. The van der Waals surface area contributed by atoms with Crippen molar-refractivity contribution < 1.29 is 9.53 Å². The largest absolute Gasteiger partial charge is 0.497 e. The Morgan fingerprint density at radius 2 is 1.70 bits per heavy atom. The summed E-state index contributed by atoms with van der Waals surface area (Å²) in [5, 5.41) is 0.708. The molecule has 0 aliphatic heterocycles. The van der Waals surface area contributed by atoms with Gasteiger partial charge in [-0.25, -0.2) is 0 Å². The molecule has 0 radical (unpaired) electrons. The van der Waals surface area contributed by atoms with E-state index in [0.717, 1.165) is 0 Å². The summed E-state index contributed by atoms with van der Waals surface area (Å²) >= 11 is 17.9. The van der Waals surface area contributed by atoms with Gasteiger partial charge < -0.3 is 10.5 Å². The van der Waals surface area contributed by atoms with Gasteiger partial charge in [-0.05, 0) is 30.3 Å². The van der Waals surface area contributed by atoms with Gasteiger partial charge in [0.25, 0.3) is 0 Å². The van der Waals surface area contributed by atoms with Gasteiger partial charge in [0.2, 0.25) is 0 Å². The van der Waals surface area contributed by atoms with Crippen LogP contribution in [0.15, 0.2) is 30.3 Å². The van der Waals surface area contributed by atoms with Crippen molar-refractivity contribution in [3.63, 3.8) is 0 Å². The number of nitrogens with two attached hydrogens (primary N) is 1. The van der Waals surface area contributed by atoms with Crippen LogP contribution in [0.5, 0.6) is 5.75 Å². The number of ether oxygens (including phenoxy) is 1. The fourth-order valence-electron chi connectivity index (χ4n) is 1.75. The molecule has 0 atom stereocenters. The number of benzene rings is 2. The molecule has 0 unspecified atom stereocenters. The maximum absolute atomic E-state index is 12.5. The molecular formula is C14H10Cl3NO2. The van der Waals surface area contributed by atoms with Gasteiger partial charge >= 0.3 is 0 Å². The Hall–Kier alpha value is -1.42. The number of halogens is 3. The van der Waals surface area contributed by atoms with Crippen LogP contribution >= 0.6 is 34.8 Å². The maximum Gasteiger partial charge on any atom is 0.198 e. The van der Waals surface area contributed by atoms with Crippen molar-refractivity contribution in [2.24, 2.45) is 0 Å². The van der Waals surface area contributed by atoms with Crippen LogP contribution in [0.25, 0.3) is 0 Å². The highest BCUT2D eigenvalue weighted by molar-refractivity contribution is 6.43. The summed E-state index contributed by atoms with van der Waals surface area (Å²) < 4.78 is 5.08. The van der Waals surface area contributed by atoms with Gasteiger partial charge in [0.1, 0.15) is 5.75 Å². The highest BCUT2D eigenvalue weighted by Gasteiger charge is 2.20. The van der Waals surface area contributed by atoms with Gasteiger partial charge in [-0.15, -0.1) is 0 Å². The third-order valence-electron chi connectivity index (χ3n) is 2.74. The van der Waals surface area contributed by atoms with E-state index in [4.69, 9.17) is 45.3 Å². The van der Waals surface area contributed by atoms with E-state index in [2.05, 4.69) is 0 Å². The average molecular weight is 331 g/mol. The third-order valence-corrected chi connectivity index (χ3v) is 3.55. The second-order valence-corrected chi connectivity index (χ2v) is 5.28. The molecule has 104 valence electrons. The number of carbonyl (C=O) groups excluding carboxylic acids is 1. The summed E-state index contributed by atoms with van der Waals surface area (Å²) in [6, 6.07) is 7.71. The Morgan fingerprint density at radius 3 is 2.25 bits per heavy atom. The third kappa shape index (κ3) is 2.85. The second kappa shape index (κ2) is 5.92. The number of ketones is 1. The molecule has 0 saturated heterocycles. The molecule has 2 aromatic rings. The normalized spacial score (nSPS) is 10.4. The van der Waals surface area contributed by atoms with Crippen molar-refractivity contribution in [2.45, 2.75) is 0 Å². The Morgan fingerprint density at radius 1 is 1.10 bits per heavy atom. The predicted molar refractivity (Wildman–Crippen MR) is 82.3 cm³/mol. The van der Waals surface area contributed by atoms with Crippen LogP contribution in [0, 0.1) is 0 Å². The molecule has 0 spiro atoms. The summed E-state index contributed by atoms with van der Waals surface area (Å²) in [7, 11) is 1.50. The molecule has 2 aromatic carbocycles. The van der Waals surface area contributed by atoms with Crippen molar-refractivity contribution in [1.82, 2.24) is 0 Å². The summed E-state index contributed by atoms with van der Waals surface area (Å²) in [6.07, 6.45) is 0. The average Bonchev–Trinajstić information content (AvgIpc) is 2.37. The zero-order valence-corrected chi connectivity index (χ0v) is 12.7. The van der Waals surface area contributed by atoms with Crippen LogP contribution in [-0.4, -0.2) is 12.9 Å². The number of anilines is 1. The zero-order chi connectivity index (χ0) is 14.9. The lowest BCUT2D eigenvalue weighted by atomic mass is 10.0. The van der Waals surface area contributed by atoms with Crippen molar-refractivity contribution in [1.29, 1.82) is 0 Å². The monoisotopic (exact) mass is 329 g/mol. The molecule has 3 nitrogen and oxygen atoms in total. The first kappa shape index (κ1) is 15.0. The van der Waals surface area contributed by atoms with Gasteiger partial charge in [-0.3, -0.25) is 4.79 Å². The molecule has 0 saturated carbocycles. The summed E-state index contributed by atoms with van der Waals surface area (Å²) in [5.74, 6) is 0.136. The van der Waals surface area contributed by atoms with E-state index in [1.165, 1.54) is 19.2 Å².